The number of rotatable bonds is 5. The summed E-state index contributed by atoms with van der Waals surface area (Å²) < 4.78 is 5.19. The molecule has 1 amide bonds. The summed E-state index contributed by atoms with van der Waals surface area (Å²) in [5.41, 5.74) is 6.66. The molecular formula is C13H16N4O4. The number of nitrogens with one attached hydrogen (secondary N) is 2. The van der Waals surface area contributed by atoms with Crippen molar-refractivity contribution in [2.24, 2.45) is 11.7 Å². The number of nitrogens with two attached hydrogens (primary N) is 1. The van der Waals surface area contributed by atoms with E-state index in [0.29, 0.717) is 29.6 Å². The maximum Gasteiger partial charge on any atom is 0.296 e. The van der Waals surface area contributed by atoms with Gasteiger partial charge in [0.05, 0.1) is 16.7 Å². The number of nitro benzene ring substituents is 1. The van der Waals surface area contributed by atoms with Gasteiger partial charge in [0.1, 0.15) is 5.69 Å². The summed E-state index contributed by atoms with van der Waals surface area (Å²) in [6, 6.07) is 2.82. The third kappa shape index (κ3) is 2.89. The van der Waals surface area contributed by atoms with E-state index in [1.165, 1.54) is 12.1 Å². The van der Waals surface area contributed by atoms with Crippen LogP contribution >= 0.6 is 0 Å². The smallest absolute Gasteiger partial charge is 0.296 e. The van der Waals surface area contributed by atoms with Crippen molar-refractivity contribution in [1.82, 2.24) is 0 Å². The van der Waals surface area contributed by atoms with Gasteiger partial charge in [-0.2, -0.15) is 0 Å². The Morgan fingerprint density at radius 1 is 1.52 bits per heavy atom. The number of hydrogen-bond donors (Lipinski definition) is 3. The molecule has 1 aromatic carbocycles. The summed E-state index contributed by atoms with van der Waals surface area (Å²) in [4.78, 5) is 22.0. The number of carbonyl (C=O) groups is 1. The van der Waals surface area contributed by atoms with Gasteiger partial charge in [0, 0.05) is 12.6 Å². The molecule has 0 spiro atoms. The zero-order valence-corrected chi connectivity index (χ0v) is 11.3. The summed E-state index contributed by atoms with van der Waals surface area (Å²) >= 11 is 0. The van der Waals surface area contributed by atoms with Crippen molar-refractivity contribution in [1.29, 1.82) is 0 Å². The van der Waals surface area contributed by atoms with Crippen molar-refractivity contribution in [3.8, 4) is 5.75 Å². The van der Waals surface area contributed by atoms with Crippen molar-refractivity contribution in [3.05, 3.63) is 22.2 Å². The number of hydrogen-bond acceptors (Lipinski definition) is 6. The molecule has 0 radical (unpaired) electrons. The maximum atomic E-state index is 11.3. The summed E-state index contributed by atoms with van der Waals surface area (Å²) in [6.07, 6.45) is 2.22. The molecule has 8 heteroatoms. The number of nitrogens with zero attached hydrogens (tertiary/aromatic N) is 1. The highest BCUT2D eigenvalue weighted by Crippen LogP contribution is 2.38. The number of carbonyl (C=O) groups excluding carboxylic acids is 1. The van der Waals surface area contributed by atoms with Gasteiger partial charge in [-0.15, -0.1) is 0 Å². The van der Waals surface area contributed by atoms with Crippen LogP contribution in [0.25, 0.3) is 0 Å². The minimum absolute atomic E-state index is 0.0218. The van der Waals surface area contributed by atoms with E-state index in [1.807, 2.05) is 0 Å². The molecule has 1 fully saturated rings. The lowest BCUT2D eigenvalue weighted by Gasteiger charge is -2.19. The molecule has 2 aliphatic rings. The number of benzene rings is 1. The second kappa shape index (κ2) is 5.21. The Hall–Kier alpha value is -2.35. The Morgan fingerprint density at radius 3 is 2.95 bits per heavy atom. The number of nitro groups is 1. The fourth-order valence-electron chi connectivity index (χ4n) is 2.33. The van der Waals surface area contributed by atoms with Crippen molar-refractivity contribution in [2.45, 2.75) is 18.9 Å². The first kappa shape index (κ1) is 13.6. The van der Waals surface area contributed by atoms with E-state index < -0.39 is 4.92 Å². The first-order chi connectivity index (χ1) is 10.0. The molecule has 1 aliphatic carbocycles. The molecule has 1 aromatic rings. The molecule has 1 heterocycles. The minimum atomic E-state index is -0.481. The van der Waals surface area contributed by atoms with Crippen molar-refractivity contribution >= 4 is 23.0 Å². The summed E-state index contributed by atoms with van der Waals surface area (Å²) in [5.74, 6) is 0.521. The van der Waals surface area contributed by atoms with Crippen molar-refractivity contribution in [3.63, 3.8) is 0 Å². The predicted octanol–water partition coefficient (Wildman–Crippen LogP) is 1.07. The van der Waals surface area contributed by atoms with Gasteiger partial charge in [0.25, 0.3) is 11.6 Å². The number of ether oxygens (including phenoxy) is 1. The Morgan fingerprint density at radius 2 is 2.29 bits per heavy atom. The van der Waals surface area contributed by atoms with Crippen LogP contribution in [-0.4, -0.2) is 30.0 Å². The fraction of sp³-hybridized carbons (Fsp3) is 0.462. The molecule has 0 saturated heterocycles. The quantitative estimate of drug-likeness (QED) is 0.551. The van der Waals surface area contributed by atoms with E-state index in [0.717, 1.165) is 12.8 Å². The monoisotopic (exact) mass is 292 g/mol. The number of amides is 1. The van der Waals surface area contributed by atoms with Gasteiger partial charge >= 0.3 is 0 Å². The van der Waals surface area contributed by atoms with Crippen LogP contribution in [0.5, 0.6) is 5.75 Å². The van der Waals surface area contributed by atoms with Crippen LogP contribution in [0, 0.1) is 16.0 Å². The van der Waals surface area contributed by atoms with Crippen LogP contribution in [0.15, 0.2) is 12.1 Å². The van der Waals surface area contributed by atoms with Gasteiger partial charge in [-0.05, 0) is 24.8 Å². The molecule has 1 aliphatic heterocycles. The van der Waals surface area contributed by atoms with E-state index >= 15 is 0 Å². The molecule has 1 atom stereocenters. The molecule has 4 N–H and O–H groups in total. The number of anilines is 2. The van der Waals surface area contributed by atoms with Crippen molar-refractivity contribution in [2.75, 3.05) is 23.8 Å². The Kier molecular flexibility index (Phi) is 3.38. The molecule has 1 saturated carbocycles. The standard InChI is InChI=1S/C13H16N4O4/c14-8(7-1-2-7)5-15-9-3-10-12(4-11(9)17(19)20)21-6-13(18)16-10/h3-4,7-8,15H,1-2,5-6,14H2,(H,16,18). The zero-order valence-electron chi connectivity index (χ0n) is 11.3. The molecule has 8 nitrogen and oxygen atoms in total. The minimum Gasteiger partial charge on any atom is -0.481 e. The third-order valence-corrected chi connectivity index (χ3v) is 3.68. The van der Waals surface area contributed by atoms with Gasteiger partial charge in [0.2, 0.25) is 0 Å². The van der Waals surface area contributed by atoms with Gasteiger partial charge < -0.3 is 21.1 Å². The Labute approximate surface area is 120 Å². The van der Waals surface area contributed by atoms with E-state index in [9.17, 15) is 14.9 Å². The second-order valence-electron chi connectivity index (χ2n) is 5.34. The molecule has 3 rings (SSSR count). The number of fused-ring (bicyclic) bond motifs is 1. The highest BCUT2D eigenvalue weighted by Gasteiger charge is 2.29. The van der Waals surface area contributed by atoms with Crippen LogP contribution in [0.2, 0.25) is 0 Å². The van der Waals surface area contributed by atoms with E-state index in [-0.39, 0.29) is 24.2 Å². The molecule has 21 heavy (non-hydrogen) atoms. The van der Waals surface area contributed by atoms with E-state index in [2.05, 4.69) is 10.6 Å². The van der Waals surface area contributed by atoms with Crippen LogP contribution in [0.4, 0.5) is 17.1 Å². The molecular weight excluding hydrogens is 276 g/mol. The van der Waals surface area contributed by atoms with E-state index in [4.69, 9.17) is 10.5 Å². The third-order valence-electron chi connectivity index (χ3n) is 3.68. The van der Waals surface area contributed by atoms with Gasteiger partial charge in [-0.1, -0.05) is 0 Å². The van der Waals surface area contributed by atoms with Gasteiger partial charge in [-0.25, -0.2) is 0 Å². The van der Waals surface area contributed by atoms with E-state index in [1.54, 1.807) is 0 Å². The van der Waals surface area contributed by atoms with Gasteiger partial charge in [-0.3, -0.25) is 14.9 Å². The first-order valence-electron chi connectivity index (χ1n) is 6.79. The normalized spacial score (nSPS) is 18.2. The summed E-state index contributed by atoms with van der Waals surface area (Å²) in [7, 11) is 0. The van der Waals surface area contributed by atoms with Crippen LogP contribution in [0.1, 0.15) is 12.8 Å². The lowest BCUT2D eigenvalue weighted by atomic mass is 10.1. The maximum absolute atomic E-state index is 11.3. The second-order valence-corrected chi connectivity index (χ2v) is 5.34. The van der Waals surface area contributed by atoms with Crippen LogP contribution in [-0.2, 0) is 4.79 Å². The molecule has 0 bridgehead atoms. The molecule has 112 valence electrons. The Bertz CT molecular complexity index is 600. The van der Waals surface area contributed by atoms with Crippen LogP contribution in [0.3, 0.4) is 0 Å². The fourth-order valence-corrected chi connectivity index (χ4v) is 2.33. The molecule has 0 aromatic heterocycles. The predicted molar refractivity (Wildman–Crippen MR) is 76.4 cm³/mol. The molecule has 1 unspecified atom stereocenters. The highest BCUT2D eigenvalue weighted by atomic mass is 16.6. The van der Waals surface area contributed by atoms with Crippen molar-refractivity contribution < 1.29 is 14.5 Å². The summed E-state index contributed by atoms with van der Waals surface area (Å²) in [5, 5.41) is 16.8. The lowest BCUT2D eigenvalue weighted by molar-refractivity contribution is -0.384. The zero-order chi connectivity index (χ0) is 15.0. The van der Waals surface area contributed by atoms with Gasteiger partial charge in [0.15, 0.2) is 12.4 Å². The average Bonchev–Trinajstić information content (AvgIpc) is 3.28. The Balaban J connectivity index is 1.84. The largest absolute Gasteiger partial charge is 0.481 e. The lowest BCUT2D eigenvalue weighted by Crippen LogP contribution is -2.31. The SMILES string of the molecule is NC(CNc1cc2c(cc1[N+](=O)[O-])OCC(=O)N2)C1CC1. The topological polar surface area (TPSA) is 120 Å². The van der Waals surface area contributed by atoms with Crippen LogP contribution < -0.4 is 21.1 Å². The first-order valence-corrected chi connectivity index (χ1v) is 6.79. The highest BCUT2D eigenvalue weighted by molar-refractivity contribution is 5.96. The average molecular weight is 292 g/mol. The summed E-state index contributed by atoms with van der Waals surface area (Å²) in [6.45, 7) is 0.322.